The molecule has 0 saturated heterocycles. The first-order chi connectivity index (χ1) is 6.50. The molecule has 1 heterocycles. The van der Waals surface area contributed by atoms with Gasteiger partial charge in [0.1, 0.15) is 0 Å². The number of nitrogens with one attached hydrogen (secondary N) is 1. The van der Waals surface area contributed by atoms with Crippen molar-refractivity contribution in [3.8, 4) is 0 Å². The summed E-state index contributed by atoms with van der Waals surface area (Å²) in [6, 6.07) is 3.55. The van der Waals surface area contributed by atoms with Gasteiger partial charge < -0.3 is 11.1 Å². The topological polar surface area (TPSA) is 80.9 Å². The maximum absolute atomic E-state index is 11.4. The number of amides is 1. The summed E-state index contributed by atoms with van der Waals surface area (Å²) >= 11 is 0. The zero-order valence-electron chi connectivity index (χ0n) is 8.32. The van der Waals surface area contributed by atoms with Crippen LogP contribution in [0.4, 0.5) is 0 Å². The SMILES string of the molecule is CC(C)(N)C(=O)NCc1cccnn1. The summed E-state index contributed by atoms with van der Waals surface area (Å²) in [6.45, 7) is 3.66. The van der Waals surface area contributed by atoms with Crippen LogP contribution < -0.4 is 11.1 Å². The lowest BCUT2D eigenvalue weighted by Crippen LogP contribution is -2.48. The second-order valence-electron chi connectivity index (χ2n) is 3.62. The molecule has 0 saturated carbocycles. The fourth-order valence-electron chi connectivity index (χ4n) is 0.826. The van der Waals surface area contributed by atoms with Crippen LogP contribution in [0.2, 0.25) is 0 Å². The molecule has 0 bridgehead atoms. The number of rotatable bonds is 3. The number of hydrogen-bond acceptors (Lipinski definition) is 4. The summed E-state index contributed by atoms with van der Waals surface area (Å²) in [5.41, 5.74) is 5.45. The third-order valence-corrected chi connectivity index (χ3v) is 1.64. The first-order valence-electron chi connectivity index (χ1n) is 4.34. The summed E-state index contributed by atoms with van der Waals surface area (Å²) in [5, 5.41) is 10.2. The van der Waals surface area contributed by atoms with Crippen molar-refractivity contribution < 1.29 is 4.79 Å². The molecule has 0 spiro atoms. The van der Waals surface area contributed by atoms with E-state index in [9.17, 15) is 4.79 Å². The number of nitrogens with zero attached hydrogens (tertiary/aromatic N) is 2. The van der Waals surface area contributed by atoms with E-state index in [2.05, 4.69) is 15.5 Å². The van der Waals surface area contributed by atoms with Crippen LogP contribution in [0.5, 0.6) is 0 Å². The molecule has 0 unspecified atom stereocenters. The Morgan fingerprint density at radius 1 is 1.64 bits per heavy atom. The van der Waals surface area contributed by atoms with Gasteiger partial charge in [0, 0.05) is 6.20 Å². The van der Waals surface area contributed by atoms with Crippen LogP contribution in [0.3, 0.4) is 0 Å². The van der Waals surface area contributed by atoms with Gasteiger partial charge in [-0.1, -0.05) is 0 Å². The Bertz CT molecular complexity index is 304. The quantitative estimate of drug-likeness (QED) is 0.700. The Morgan fingerprint density at radius 3 is 2.86 bits per heavy atom. The molecular formula is C9H14N4O. The van der Waals surface area contributed by atoms with Crippen molar-refractivity contribution >= 4 is 5.91 Å². The predicted molar refractivity (Wildman–Crippen MR) is 52.1 cm³/mol. The third kappa shape index (κ3) is 3.10. The molecule has 5 nitrogen and oxygen atoms in total. The Labute approximate surface area is 82.7 Å². The Morgan fingerprint density at radius 2 is 2.36 bits per heavy atom. The van der Waals surface area contributed by atoms with Crippen molar-refractivity contribution in [2.24, 2.45) is 5.73 Å². The average molecular weight is 194 g/mol. The van der Waals surface area contributed by atoms with E-state index in [1.807, 2.05) is 0 Å². The van der Waals surface area contributed by atoms with Crippen molar-refractivity contribution in [1.82, 2.24) is 15.5 Å². The Hall–Kier alpha value is -1.49. The van der Waals surface area contributed by atoms with E-state index in [0.29, 0.717) is 12.2 Å². The fraction of sp³-hybridized carbons (Fsp3) is 0.444. The minimum atomic E-state index is -0.859. The Kier molecular flexibility index (Phi) is 3.14. The molecule has 1 rings (SSSR count). The standard InChI is InChI=1S/C9H14N4O/c1-9(2,10)8(14)11-6-7-4-3-5-12-13-7/h3-5H,6,10H2,1-2H3,(H,11,14). The van der Waals surface area contributed by atoms with Gasteiger partial charge >= 0.3 is 0 Å². The lowest BCUT2D eigenvalue weighted by molar-refractivity contribution is -0.125. The van der Waals surface area contributed by atoms with E-state index in [-0.39, 0.29) is 5.91 Å². The van der Waals surface area contributed by atoms with Gasteiger partial charge in [0.25, 0.3) is 0 Å². The number of nitrogens with two attached hydrogens (primary N) is 1. The van der Waals surface area contributed by atoms with Gasteiger partial charge in [-0.2, -0.15) is 10.2 Å². The number of carbonyl (C=O) groups is 1. The van der Waals surface area contributed by atoms with Gasteiger partial charge in [-0.25, -0.2) is 0 Å². The predicted octanol–water partition coefficient (Wildman–Crippen LogP) is -0.170. The highest BCUT2D eigenvalue weighted by molar-refractivity contribution is 5.84. The largest absolute Gasteiger partial charge is 0.349 e. The van der Waals surface area contributed by atoms with Crippen molar-refractivity contribution in [3.05, 3.63) is 24.0 Å². The molecule has 14 heavy (non-hydrogen) atoms. The van der Waals surface area contributed by atoms with Gasteiger partial charge in [-0.05, 0) is 26.0 Å². The van der Waals surface area contributed by atoms with E-state index in [1.54, 1.807) is 32.2 Å². The highest BCUT2D eigenvalue weighted by atomic mass is 16.2. The van der Waals surface area contributed by atoms with Crippen molar-refractivity contribution in [2.75, 3.05) is 0 Å². The highest BCUT2D eigenvalue weighted by Crippen LogP contribution is 1.97. The molecule has 0 atom stereocenters. The van der Waals surface area contributed by atoms with Crippen LogP contribution in [0.1, 0.15) is 19.5 Å². The van der Waals surface area contributed by atoms with Gasteiger partial charge in [-0.15, -0.1) is 0 Å². The molecule has 5 heteroatoms. The summed E-state index contributed by atoms with van der Waals surface area (Å²) in [6.07, 6.45) is 1.58. The summed E-state index contributed by atoms with van der Waals surface area (Å²) in [4.78, 5) is 11.4. The van der Waals surface area contributed by atoms with Gasteiger partial charge in [-0.3, -0.25) is 4.79 Å². The zero-order chi connectivity index (χ0) is 10.6. The smallest absolute Gasteiger partial charge is 0.239 e. The number of aromatic nitrogens is 2. The second-order valence-corrected chi connectivity index (χ2v) is 3.62. The zero-order valence-corrected chi connectivity index (χ0v) is 8.32. The molecule has 0 aliphatic heterocycles. The fourth-order valence-corrected chi connectivity index (χ4v) is 0.826. The molecule has 1 aromatic heterocycles. The van der Waals surface area contributed by atoms with Gasteiger partial charge in [0.2, 0.25) is 5.91 Å². The van der Waals surface area contributed by atoms with Crippen LogP contribution in [0.15, 0.2) is 18.3 Å². The van der Waals surface area contributed by atoms with Gasteiger partial charge in [0.15, 0.2) is 0 Å². The van der Waals surface area contributed by atoms with E-state index >= 15 is 0 Å². The average Bonchev–Trinajstić information content (AvgIpc) is 2.14. The highest BCUT2D eigenvalue weighted by Gasteiger charge is 2.21. The third-order valence-electron chi connectivity index (χ3n) is 1.64. The minimum absolute atomic E-state index is 0.205. The minimum Gasteiger partial charge on any atom is -0.349 e. The molecule has 0 radical (unpaired) electrons. The number of carbonyl (C=O) groups excluding carboxylic acids is 1. The molecule has 0 aliphatic carbocycles. The van der Waals surface area contributed by atoms with Crippen molar-refractivity contribution in [1.29, 1.82) is 0 Å². The monoisotopic (exact) mass is 194 g/mol. The van der Waals surface area contributed by atoms with E-state index < -0.39 is 5.54 Å². The Balaban J connectivity index is 2.46. The van der Waals surface area contributed by atoms with Gasteiger partial charge in [0.05, 0.1) is 17.8 Å². The molecule has 3 N–H and O–H groups in total. The second kappa shape index (κ2) is 4.15. The van der Waals surface area contributed by atoms with Crippen LogP contribution in [-0.2, 0) is 11.3 Å². The maximum atomic E-state index is 11.4. The molecule has 0 aliphatic rings. The lowest BCUT2D eigenvalue weighted by atomic mass is 10.1. The number of hydrogen-bond donors (Lipinski definition) is 2. The normalized spacial score (nSPS) is 11.1. The van der Waals surface area contributed by atoms with E-state index in [4.69, 9.17) is 5.73 Å². The lowest BCUT2D eigenvalue weighted by Gasteiger charge is -2.17. The van der Waals surface area contributed by atoms with Crippen molar-refractivity contribution in [2.45, 2.75) is 25.9 Å². The first-order valence-corrected chi connectivity index (χ1v) is 4.34. The summed E-state index contributed by atoms with van der Waals surface area (Å²) in [5.74, 6) is -0.205. The van der Waals surface area contributed by atoms with Crippen LogP contribution in [0, 0.1) is 0 Å². The molecular weight excluding hydrogens is 180 g/mol. The maximum Gasteiger partial charge on any atom is 0.239 e. The summed E-state index contributed by atoms with van der Waals surface area (Å²) in [7, 11) is 0. The van der Waals surface area contributed by atoms with E-state index in [1.165, 1.54) is 0 Å². The molecule has 1 amide bonds. The first kappa shape index (κ1) is 10.6. The van der Waals surface area contributed by atoms with Crippen LogP contribution >= 0.6 is 0 Å². The van der Waals surface area contributed by atoms with Crippen LogP contribution in [-0.4, -0.2) is 21.6 Å². The van der Waals surface area contributed by atoms with Crippen LogP contribution in [0.25, 0.3) is 0 Å². The van der Waals surface area contributed by atoms with E-state index in [0.717, 1.165) is 0 Å². The molecule has 0 aromatic carbocycles. The molecule has 1 aromatic rings. The van der Waals surface area contributed by atoms with Crippen molar-refractivity contribution in [3.63, 3.8) is 0 Å². The summed E-state index contributed by atoms with van der Waals surface area (Å²) < 4.78 is 0. The molecule has 76 valence electrons. The molecule has 0 fully saturated rings.